The van der Waals surface area contributed by atoms with Gasteiger partial charge >= 0.3 is 0 Å². The molecule has 154 valence electrons. The fourth-order valence-electron chi connectivity index (χ4n) is 2.93. The van der Waals surface area contributed by atoms with Gasteiger partial charge in [-0.2, -0.15) is 12.6 Å². The molecule has 0 aliphatic carbocycles. The van der Waals surface area contributed by atoms with Gasteiger partial charge in [-0.05, 0) is 6.42 Å². The Morgan fingerprint density at radius 1 is 0.846 bits per heavy atom. The zero-order valence-corrected chi connectivity index (χ0v) is 15.3. The molecule has 0 saturated carbocycles. The summed E-state index contributed by atoms with van der Waals surface area (Å²) in [4.78, 5) is 0. The van der Waals surface area contributed by atoms with Gasteiger partial charge in [0.05, 0.1) is 12.7 Å². The van der Waals surface area contributed by atoms with Crippen molar-refractivity contribution >= 4 is 12.6 Å². The van der Waals surface area contributed by atoms with Crippen molar-refractivity contribution in [3.63, 3.8) is 0 Å². The lowest BCUT2D eigenvalue weighted by Gasteiger charge is -2.46. The van der Waals surface area contributed by atoms with E-state index < -0.39 is 68.0 Å². The Bertz CT molecular complexity index is 425. The Balaban J connectivity index is 2.09. The Morgan fingerprint density at radius 2 is 1.46 bits per heavy atom. The van der Waals surface area contributed by atoms with Gasteiger partial charge in [0, 0.05) is 12.4 Å². The van der Waals surface area contributed by atoms with Crippen molar-refractivity contribution in [1.82, 2.24) is 0 Å². The molecular weight excluding hydrogens is 372 g/mol. The first-order valence-electron chi connectivity index (χ1n) is 8.55. The highest BCUT2D eigenvalue weighted by atomic mass is 32.1. The number of hydrogen-bond donors (Lipinski definition) is 7. The van der Waals surface area contributed by atoms with E-state index in [1.807, 2.05) is 6.92 Å². The largest absolute Gasteiger partial charge is 0.394 e. The molecule has 2 aliphatic rings. The van der Waals surface area contributed by atoms with Crippen LogP contribution in [0.25, 0.3) is 0 Å². The van der Waals surface area contributed by atoms with Gasteiger partial charge in [-0.25, -0.2) is 0 Å². The van der Waals surface area contributed by atoms with E-state index in [1.165, 1.54) is 0 Å². The van der Waals surface area contributed by atoms with E-state index in [0.29, 0.717) is 6.42 Å². The average Bonchev–Trinajstić information content (AvgIpc) is 2.64. The summed E-state index contributed by atoms with van der Waals surface area (Å²) in [5, 5.41) is 59.9. The lowest BCUT2D eigenvalue weighted by molar-refractivity contribution is -0.356. The molecule has 0 aromatic rings. The molecule has 2 aliphatic heterocycles. The normalized spacial score (nSPS) is 47.1. The van der Waals surface area contributed by atoms with Gasteiger partial charge in [-0.15, -0.1) is 0 Å². The van der Waals surface area contributed by atoms with Crippen LogP contribution in [0.4, 0.5) is 0 Å². The Morgan fingerprint density at radius 3 is 2.04 bits per heavy atom. The molecule has 6 unspecified atom stereocenters. The van der Waals surface area contributed by atoms with Crippen LogP contribution in [-0.4, -0.2) is 111 Å². The number of aliphatic hydroxyl groups excluding tert-OH is 6. The van der Waals surface area contributed by atoms with Gasteiger partial charge in [-0.1, -0.05) is 6.92 Å². The Kier molecular flexibility index (Phi) is 8.50. The van der Waals surface area contributed by atoms with Crippen LogP contribution in [0.5, 0.6) is 0 Å². The van der Waals surface area contributed by atoms with E-state index in [0.717, 1.165) is 0 Å². The third-order valence-corrected chi connectivity index (χ3v) is 4.81. The molecule has 2 saturated heterocycles. The van der Waals surface area contributed by atoms with E-state index >= 15 is 0 Å². The van der Waals surface area contributed by atoms with Crippen LogP contribution in [0.3, 0.4) is 0 Å². The molecule has 0 spiro atoms. The van der Waals surface area contributed by atoms with E-state index in [-0.39, 0.29) is 12.4 Å². The number of aliphatic hydroxyl groups is 6. The van der Waals surface area contributed by atoms with Gasteiger partial charge in [0.1, 0.15) is 42.7 Å². The maximum Gasteiger partial charge on any atom is 0.187 e. The zero-order valence-electron chi connectivity index (χ0n) is 14.4. The topological polar surface area (TPSA) is 158 Å². The lowest BCUT2D eigenvalue weighted by Crippen LogP contribution is -2.64. The van der Waals surface area contributed by atoms with Crippen molar-refractivity contribution in [2.24, 2.45) is 0 Å². The van der Waals surface area contributed by atoms with Crippen LogP contribution >= 0.6 is 12.6 Å². The number of rotatable bonds is 7. The number of ether oxygens (including phenoxy) is 4. The van der Waals surface area contributed by atoms with Crippen molar-refractivity contribution in [1.29, 1.82) is 0 Å². The van der Waals surface area contributed by atoms with Gasteiger partial charge in [0.2, 0.25) is 0 Å². The van der Waals surface area contributed by atoms with Crippen molar-refractivity contribution in [2.75, 3.05) is 19.0 Å². The fourth-order valence-corrected chi connectivity index (χ4v) is 3.23. The molecule has 2 rings (SSSR count). The molecule has 2 fully saturated rings. The molecule has 26 heavy (non-hydrogen) atoms. The lowest BCUT2D eigenvalue weighted by atomic mass is 9.97. The number of thiol groups is 1. The van der Waals surface area contributed by atoms with E-state index in [1.54, 1.807) is 0 Å². The first kappa shape index (κ1) is 22.2. The van der Waals surface area contributed by atoms with Crippen LogP contribution < -0.4 is 0 Å². The van der Waals surface area contributed by atoms with Crippen LogP contribution in [-0.2, 0) is 18.9 Å². The standard InChI is InChI=1S/C15H28O10S/c1-2-3-22-14-12(21)10(19)13(6(4-16)23-14)25-15-11(20)9(18)8(17)7(5-26)24-15/h6-21,26H,2-5H2,1H3/t6?,7?,8-,9?,10?,11?,12?,13+,14+,15-/m0/s1. The SMILES string of the molecule is CCCO[C@@H]1OC(CO)[C@@H](O[C@@H]2OC(CS)[C@H](O)C(O)C2O)C(O)C1O. The minimum atomic E-state index is -1.61. The highest BCUT2D eigenvalue weighted by Gasteiger charge is 2.50. The minimum Gasteiger partial charge on any atom is -0.394 e. The second-order valence-electron chi connectivity index (χ2n) is 6.38. The fraction of sp³-hybridized carbons (Fsp3) is 1.00. The second kappa shape index (κ2) is 9.94. The summed E-state index contributed by atoms with van der Waals surface area (Å²) in [6.07, 6.45) is -12.6. The maximum atomic E-state index is 10.4. The summed E-state index contributed by atoms with van der Waals surface area (Å²) >= 11 is 4.01. The third kappa shape index (κ3) is 4.67. The van der Waals surface area contributed by atoms with Gasteiger partial charge in [0.25, 0.3) is 0 Å². The molecule has 0 aromatic carbocycles. The van der Waals surface area contributed by atoms with Gasteiger partial charge in [-0.3, -0.25) is 0 Å². The minimum absolute atomic E-state index is 0.0491. The summed E-state index contributed by atoms with van der Waals surface area (Å²) in [6, 6.07) is 0. The second-order valence-corrected chi connectivity index (χ2v) is 6.74. The molecule has 0 radical (unpaired) electrons. The molecule has 2 heterocycles. The first-order valence-corrected chi connectivity index (χ1v) is 9.18. The highest BCUT2D eigenvalue weighted by Crippen LogP contribution is 2.29. The van der Waals surface area contributed by atoms with E-state index in [9.17, 15) is 30.6 Å². The van der Waals surface area contributed by atoms with E-state index in [4.69, 9.17) is 18.9 Å². The molecule has 0 aromatic heterocycles. The molecule has 11 heteroatoms. The van der Waals surface area contributed by atoms with Crippen molar-refractivity contribution in [3.8, 4) is 0 Å². The van der Waals surface area contributed by atoms with Crippen LogP contribution in [0.15, 0.2) is 0 Å². The van der Waals surface area contributed by atoms with Crippen molar-refractivity contribution in [2.45, 2.75) is 74.8 Å². The Labute approximate surface area is 156 Å². The predicted octanol–water partition coefficient (Wildman–Crippen LogP) is -3.03. The van der Waals surface area contributed by atoms with Crippen LogP contribution in [0.2, 0.25) is 0 Å². The number of hydrogen-bond acceptors (Lipinski definition) is 11. The van der Waals surface area contributed by atoms with Crippen LogP contribution in [0, 0.1) is 0 Å². The summed E-state index contributed by atoms with van der Waals surface area (Å²) in [5.74, 6) is 0.0491. The molecular formula is C15H28O10S. The zero-order chi connectivity index (χ0) is 19.4. The summed E-state index contributed by atoms with van der Waals surface area (Å²) in [6.45, 7) is 1.60. The molecule has 6 N–H and O–H groups in total. The summed E-state index contributed by atoms with van der Waals surface area (Å²) in [5.41, 5.74) is 0. The average molecular weight is 400 g/mol. The summed E-state index contributed by atoms with van der Waals surface area (Å²) < 4.78 is 21.6. The van der Waals surface area contributed by atoms with Gasteiger partial charge < -0.3 is 49.6 Å². The van der Waals surface area contributed by atoms with Crippen molar-refractivity contribution in [3.05, 3.63) is 0 Å². The third-order valence-electron chi connectivity index (χ3n) is 4.45. The predicted molar refractivity (Wildman–Crippen MR) is 89.4 cm³/mol. The summed E-state index contributed by atoms with van der Waals surface area (Å²) in [7, 11) is 0. The molecule has 0 bridgehead atoms. The molecule has 0 amide bonds. The van der Waals surface area contributed by atoms with Gasteiger partial charge in [0.15, 0.2) is 12.6 Å². The monoisotopic (exact) mass is 400 g/mol. The molecule has 10 atom stereocenters. The van der Waals surface area contributed by atoms with Crippen LogP contribution in [0.1, 0.15) is 13.3 Å². The first-order chi connectivity index (χ1) is 12.3. The molecule has 10 nitrogen and oxygen atoms in total. The Hall–Kier alpha value is -0.0500. The maximum absolute atomic E-state index is 10.4. The quantitative estimate of drug-likeness (QED) is 0.219. The van der Waals surface area contributed by atoms with Crippen molar-refractivity contribution < 1.29 is 49.6 Å². The highest BCUT2D eigenvalue weighted by molar-refractivity contribution is 7.80. The smallest absolute Gasteiger partial charge is 0.187 e. The van der Waals surface area contributed by atoms with E-state index in [2.05, 4.69) is 12.6 Å².